The van der Waals surface area contributed by atoms with Crippen LogP contribution >= 0.6 is 0 Å². The number of esters is 1. The molecule has 5 nitrogen and oxygen atoms in total. The molecule has 0 bridgehead atoms. The summed E-state index contributed by atoms with van der Waals surface area (Å²) in [6.45, 7) is 7.03. The molecule has 1 fully saturated rings. The van der Waals surface area contributed by atoms with Crippen molar-refractivity contribution in [3.8, 4) is 0 Å². The molecule has 1 aliphatic rings. The third-order valence-electron chi connectivity index (χ3n) is 3.81. The zero-order valence-corrected chi connectivity index (χ0v) is 14.3. The number of hydrogen-bond donors (Lipinski definition) is 0. The number of benzene rings is 1. The Bertz CT molecular complexity index is 577. The molecule has 23 heavy (non-hydrogen) atoms. The van der Waals surface area contributed by atoms with Crippen molar-refractivity contribution in [2.24, 2.45) is 5.92 Å². The second-order valence-corrected chi connectivity index (χ2v) is 6.98. The molecule has 0 spiro atoms. The Morgan fingerprint density at radius 3 is 2.70 bits per heavy atom. The molecule has 0 radical (unpaired) electrons. The lowest BCUT2D eigenvalue weighted by Crippen LogP contribution is -2.35. The first-order valence-electron chi connectivity index (χ1n) is 7.93. The minimum Gasteiger partial charge on any atom is -0.465 e. The number of nitrogens with zero attached hydrogens (tertiary/aromatic N) is 1. The van der Waals surface area contributed by atoms with Gasteiger partial charge in [-0.3, -0.25) is 0 Å². The predicted octanol–water partition coefficient (Wildman–Crippen LogP) is 3.27. The van der Waals surface area contributed by atoms with Gasteiger partial charge in [0.25, 0.3) is 0 Å². The standard InChI is InChI=1S/C18H25NO4/c1-18(2,3)23-17(21)19-9-8-14(12-19)10-13-6-5-7-15(11-13)16(20)22-4/h5-7,11,14H,8-10,12H2,1-4H3/t14-/m0/s1. The number of amides is 1. The van der Waals surface area contributed by atoms with Crippen LogP contribution in [0.15, 0.2) is 24.3 Å². The van der Waals surface area contributed by atoms with Crippen LogP contribution in [0.3, 0.4) is 0 Å². The lowest BCUT2D eigenvalue weighted by atomic mass is 9.97. The van der Waals surface area contributed by atoms with E-state index < -0.39 is 5.60 Å². The number of hydrogen-bond acceptors (Lipinski definition) is 4. The molecule has 1 heterocycles. The predicted molar refractivity (Wildman–Crippen MR) is 87.4 cm³/mol. The molecule has 1 amide bonds. The van der Waals surface area contributed by atoms with Gasteiger partial charge in [-0.05, 0) is 57.2 Å². The van der Waals surface area contributed by atoms with Crippen molar-refractivity contribution < 1.29 is 19.1 Å². The van der Waals surface area contributed by atoms with Crippen LogP contribution in [0.5, 0.6) is 0 Å². The summed E-state index contributed by atoms with van der Waals surface area (Å²) < 4.78 is 10.2. The van der Waals surface area contributed by atoms with Crippen LogP contribution in [-0.4, -0.2) is 42.8 Å². The normalized spacial score (nSPS) is 17.9. The minimum atomic E-state index is -0.468. The summed E-state index contributed by atoms with van der Waals surface area (Å²) in [5.41, 5.74) is 1.18. The number of rotatable bonds is 3. The average Bonchev–Trinajstić information content (AvgIpc) is 2.93. The Morgan fingerprint density at radius 2 is 2.04 bits per heavy atom. The van der Waals surface area contributed by atoms with Crippen LogP contribution in [0.4, 0.5) is 4.79 Å². The van der Waals surface area contributed by atoms with E-state index in [9.17, 15) is 9.59 Å². The molecule has 1 atom stereocenters. The fourth-order valence-electron chi connectivity index (χ4n) is 2.77. The molecular formula is C18H25NO4. The van der Waals surface area contributed by atoms with Crippen molar-refractivity contribution in [1.29, 1.82) is 0 Å². The molecule has 0 unspecified atom stereocenters. The van der Waals surface area contributed by atoms with E-state index in [1.54, 1.807) is 11.0 Å². The Labute approximate surface area is 137 Å². The number of ether oxygens (including phenoxy) is 2. The Balaban J connectivity index is 1.93. The van der Waals surface area contributed by atoms with Crippen molar-refractivity contribution in [1.82, 2.24) is 4.90 Å². The van der Waals surface area contributed by atoms with Gasteiger partial charge in [0.05, 0.1) is 12.7 Å². The van der Waals surface area contributed by atoms with Gasteiger partial charge in [-0.1, -0.05) is 12.1 Å². The highest BCUT2D eigenvalue weighted by molar-refractivity contribution is 5.89. The number of likely N-dealkylation sites (tertiary alicyclic amines) is 1. The van der Waals surface area contributed by atoms with Crippen LogP contribution in [0.25, 0.3) is 0 Å². The third kappa shape index (κ3) is 4.98. The SMILES string of the molecule is COC(=O)c1cccc(C[C@@H]2CCN(C(=O)OC(C)(C)C)C2)c1. The first kappa shape index (κ1) is 17.3. The highest BCUT2D eigenvalue weighted by Gasteiger charge is 2.29. The van der Waals surface area contributed by atoms with Crippen molar-refractivity contribution in [2.75, 3.05) is 20.2 Å². The molecular weight excluding hydrogens is 294 g/mol. The number of carbonyl (C=O) groups excluding carboxylic acids is 2. The lowest BCUT2D eigenvalue weighted by Gasteiger charge is -2.24. The first-order valence-corrected chi connectivity index (χ1v) is 7.93. The van der Waals surface area contributed by atoms with E-state index in [0.717, 1.165) is 24.9 Å². The smallest absolute Gasteiger partial charge is 0.410 e. The van der Waals surface area contributed by atoms with Gasteiger partial charge < -0.3 is 14.4 Å². The molecule has 0 aromatic heterocycles. The third-order valence-corrected chi connectivity index (χ3v) is 3.81. The maximum atomic E-state index is 12.1. The van der Waals surface area contributed by atoms with Gasteiger partial charge in [-0.2, -0.15) is 0 Å². The van der Waals surface area contributed by atoms with Crippen LogP contribution in [0.2, 0.25) is 0 Å². The monoisotopic (exact) mass is 319 g/mol. The van der Waals surface area contributed by atoms with E-state index >= 15 is 0 Å². The molecule has 1 saturated heterocycles. The molecule has 1 aromatic rings. The van der Waals surface area contributed by atoms with E-state index in [4.69, 9.17) is 9.47 Å². The summed E-state index contributed by atoms with van der Waals surface area (Å²) in [6, 6.07) is 7.48. The largest absolute Gasteiger partial charge is 0.465 e. The number of methoxy groups -OCH3 is 1. The van der Waals surface area contributed by atoms with E-state index in [1.165, 1.54) is 7.11 Å². The molecule has 0 N–H and O–H groups in total. The van der Waals surface area contributed by atoms with Crippen LogP contribution in [-0.2, 0) is 15.9 Å². The van der Waals surface area contributed by atoms with Crippen LogP contribution in [0, 0.1) is 5.92 Å². The van der Waals surface area contributed by atoms with Gasteiger partial charge in [0.1, 0.15) is 5.60 Å². The highest BCUT2D eigenvalue weighted by atomic mass is 16.6. The topological polar surface area (TPSA) is 55.8 Å². The first-order chi connectivity index (χ1) is 10.8. The second-order valence-electron chi connectivity index (χ2n) is 6.98. The Morgan fingerprint density at radius 1 is 1.30 bits per heavy atom. The lowest BCUT2D eigenvalue weighted by molar-refractivity contribution is 0.0288. The summed E-state index contributed by atoms with van der Waals surface area (Å²) in [4.78, 5) is 25.4. The molecule has 0 aliphatic carbocycles. The molecule has 0 saturated carbocycles. The molecule has 1 aromatic carbocycles. The molecule has 5 heteroatoms. The van der Waals surface area contributed by atoms with Crippen molar-refractivity contribution in [3.63, 3.8) is 0 Å². The Hall–Kier alpha value is -2.04. The fraction of sp³-hybridized carbons (Fsp3) is 0.556. The van der Waals surface area contributed by atoms with Gasteiger partial charge in [0, 0.05) is 13.1 Å². The Kier molecular flexibility index (Phi) is 5.29. The zero-order chi connectivity index (χ0) is 17.0. The van der Waals surface area contributed by atoms with E-state index in [2.05, 4.69) is 0 Å². The van der Waals surface area contributed by atoms with Crippen molar-refractivity contribution in [3.05, 3.63) is 35.4 Å². The zero-order valence-electron chi connectivity index (χ0n) is 14.3. The fourth-order valence-corrected chi connectivity index (χ4v) is 2.77. The van der Waals surface area contributed by atoms with Gasteiger partial charge in [0.15, 0.2) is 0 Å². The summed E-state index contributed by atoms with van der Waals surface area (Å²) in [5.74, 6) is 0.0593. The van der Waals surface area contributed by atoms with E-state index in [-0.39, 0.29) is 12.1 Å². The number of carbonyl (C=O) groups is 2. The second kappa shape index (κ2) is 7.02. The molecule has 2 rings (SSSR count). The van der Waals surface area contributed by atoms with Gasteiger partial charge in [-0.15, -0.1) is 0 Å². The quantitative estimate of drug-likeness (QED) is 0.802. The van der Waals surface area contributed by atoms with E-state index in [0.29, 0.717) is 18.0 Å². The molecule has 1 aliphatic heterocycles. The maximum Gasteiger partial charge on any atom is 0.410 e. The van der Waals surface area contributed by atoms with Crippen molar-refractivity contribution in [2.45, 2.75) is 39.2 Å². The summed E-state index contributed by atoms with van der Waals surface area (Å²) in [5, 5.41) is 0. The van der Waals surface area contributed by atoms with Gasteiger partial charge in [-0.25, -0.2) is 9.59 Å². The maximum absolute atomic E-state index is 12.1. The van der Waals surface area contributed by atoms with Crippen LogP contribution in [0.1, 0.15) is 43.1 Å². The van der Waals surface area contributed by atoms with Gasteiger partial charge >= 0.3 is 12.1 Å². The van der Waals surface area contributed by atoms with E-state index in [1.807, 2.05) is 39.0 Å². The van der Waals surface area contributed by atoms with Crippen LogP contribution < -0.4 is 0 Å². The minimum absolute atomic E-state index is 0.247. The summed E-state index contributed by atoms with van der Waals surface area (Å²) >= 11 is 0. The average molecular weight is 319 g/mol. The summed E-state index contributed by atoms with van der Waals surface area (Å²) in [6.07, 6.45) is 1.54. The molecule has 126 valence electrons. The van der Waals surface area contributed by atoms with Gasteiger partial charge in [0.2, 0.25) is 0 Å². The highest BCUT2D eigenvalue weighted by Crippen LogP contribution is 2.23. The summed E-state index contributed by atoms with van der Waals surface area (Å²) in [7, 11) is 1.38. The van der Waals surface area contributed by atoms with Crippen molar-refractivity contribution >= 4 is 12.1 Å².